The average molecular weight is 292 g/mol. The lowest BCUT2D eigenvalue weighted by molar-refractivity contribution is 0.820. The van der Waals surface area contributed by atoms with Gasteiger partial charge in [0.25, 0.3) is 0 Å². The Hall–Kier alpha value is -1.57. The molecule has 0 saturated heterocycles. The summed E-state index contributed by atoms with van der Waals surface area (Å²) in [6.45, 7) is 4.18. The minimum Gasteiger partial charge on any atom is -0.375 e. The van der Waals surface area contributed by atoms with Crippen LogP contribution < -0.4 is 5.73 Å². The highest BCUT2D eigenvalue weighted by molar-refractivity contribution is 7.15. The Balaban J connectivity index is 2.39. The molecule has 0 aliphatic carbocycles. The molecule has 2 aromatic rings. The van der Waals surface area contributed by atoms with E-state index in [2.05, 4.69) is 24.9 Å². The summed E-state index contributed by atoms with van der Waals surface area (Å²) >= 11 is 7.67. The lowest BCUT2D eigenvalue weighted by Gasteiger charge is -2.07. The lowest BCUT2D eigenvalue weighted by atomic mass is 10.0. The van der Waals surface area contributed by atoms with Crippen LogP contribution in [0.4, 0.5) is 5.13 Å². The quantitative estimate of drug-likeness (QED) is 0.931. The van der Waals surface area contributed by atoms with Crippen molar-refractivity contribution in [1.29, 1.82) is 5.26 Å². The van der Waals surface area contributed by atoms with Crippen LogP contribution in [0.15, 0.2) is 18.2 Å². The van der Waals surface area contributed by atoms with Gasteiger partial charge in [0.05, 0.1) is 17.3 Å². The summed E-state index contributed by atoms with van der Waals surface area (Å²) in [4.78, 5) is 5.48. The van der Waals surface area contributed by atoms with Gasteiger partial charge in [0.15, 0.2) is 5.13 Å². The van der Waals surface area contributed by atoms with E-state index < -0.39 is 0 Å². The maximum atomic E-state index is 8.94. The molecule has 5 heteroatoms. The Kier molecular flexibility index (Phi) is 4.08. The molecule has 1 aromatic heterocycles. The highest BCUT2D eigenvalue weighted by Crippen LogP contribution is 2.30. The maximum absolute atomic E-state index is 8.94. The van der Waals surface area contributed by atoms with E-state index in [0.717, 1.165) is 16.1 Å². The minimum absolute atomic E-state index is 0.321. The minimum atomic E-state index is 0.321. The van der Waals surface area contributed by atoms with Crippen molar-refractivity contribution in [3.8, 4) is 6.07 Å². The molecule has 0 aliphatic heterocycles. The van der Waals surface area contributed by atoms with Crippen LogP contribution in [0.5, 0.6) is 0 Å². The second-order valence-electron chi connectivity index (χ2n) is 4.61. The molecular weight excluding hydrogens is 278 g/mol. The van der Waals surface area contributed by atoms with Crippen molar-refractivity contribution in [3.05, 3.63) is 44.9 Å². The first-order valence-corrected chi connectivity index (χ1v) is 7.14. The monoisotopic (exact) mass is 291 g/mol. The van der Waals surface area contributed by atoms with Crippen LogP contribution in [0.2, 0.25) is 5.02 Å². The smallest absolute Gasteiger partial charge is 0.180 e. The van der Waals surface area contributed by atoms with Gasteiger partial charge in [-0.1, -0.05) is 25.4 Å². The standard InChI is InChI=1S/C14H14ClN3S/c1-8(2)13-12(19-14(17)18-13)6-10-5-9(7-16)3-4-11(10)15/h3-5,8H,6H2,1-2H3,(H2,17,18). The molecule has 0 fully saturated rings. The molecule has 0 aliphatic rings. The van der Waals surface area contributed by atoms with Gasteiger partial charge in [-0.25, -0.2) is 4.98 Å². The zero-order valence-electron chi connectivity index (χ0n) is 10.8. The van der Waals surface area contributed by atoms with Crippen LogP contribution in [0.1, 0.15) is 41.5 Å². The Morgan fingerprint density at radius 2 is 2.21 bits per heavy atom. The molecule has 2 rings (SSSR count). The van der Waals surface area contributed by atoms with Crippen LogP contribution in [0.3, 0.4) is 0 Å². The van der Waals surface area contributed by atoms with Crippen molar-refractivity contribution in [2.45, 2.75) is 26.2 Å². The third kappa shape index (κ3) is 3.06. The van der Waals surface area contributed by atoms with Crippen LogP contribution in [-0.4, -0.2) is 4.98 Å². The molecule has 3 nitrogen and oxygen atoms in total. The first kappa shape index (κ1) is 13.9. The molecule has 2 N–H and O–H groups in total. The van der Waals surface area contributed by atoms with Crippen LogP contribution in [0, 0.1) is 11.3 Å². The first-order valence-electron chi connectivity index (χ1n) is 5.95. The maximum Gasteiger partial charge on any atom is 0.180 e. The molecular formula is C14H14ClN3S. The van der Waals surface area contributed by atoms with Gasteiger partial charge in [-0.15, -0.1) is 11.3 Å². The van der Waals surface area contributed by atoms with Crippen molar-refractivity contribution >= 4 is 28.1 Å². The summed E-state index contributed by atoms with van der Waals surface area (Å²) in [5, 5.41) is 10.2. The van der Waals surface area contributed by atoms with Gasteiger partial charge in [-0.05, 0) is 29.7 Å². The van der Waals surface area contributed by atoms with Gasteiger partial charge in [0.2, 0.25) is 0 Å². The number of nitrogen functional groups attached to an aromatic ring is 1. The molecule has 1 aromatic carbocycles. The van der Waals surface area contributed by atoms with E-state index in [-0.39, 0.29) is 0 Å². The van der Waals surface area contributed by atoms with Gasteiger partial charge in [-0.3, -0.25) is 0 Å². The van der Waals surface area contributed by atoms with E-state index in [9.17, 15) is 0 Å². The molecule has 98 valence electrons. The number of nitrogens with zero attached hydrogens (tertiary/aromatic N) is 2. The summed E-state index contributed by atoms with van der Waals surface area (Å²) in [5.41, 5.74) is 8.35. The van der Waals surface area contributed by atoms with Crippen molar-refractivity contribution in [2.24, 2.45) is 0 Å². The molecule has 19 heavy (non-hydrogen) atoms. The fraction of sp³-hybridized carbons (Fsp3) is 0.286. The highest BCUT2D eigenvalue weighted by atomic mass is 35.5. The molecule has 0 saturated carbocycles. The van der Waals surface area contributed by atoms with Crippen LogP contribution in [0.25, 0.3) is 0 Å². The number of nitriles is 1. The molecule has 0 atom stereocenters. The number of nitrogens with two attached hydrogens (primary N) is 1. The zero-order chi connectivity index (χ0) is 14.0. The second kappa shape index (κ2) is 5.60. The van der Waals surface area contributed by atoms with Gasteiger partial charge in [-0.2, -0.15) is 5.26 Å². The van der Waals surface area contributed by atoms with Gasteiger partial charge >= 0.3 is 0 Å². The van der Waals surface area contributed by atoms with Crippen molar-refractivity contribution < 1.29 is 0 Å². The highest BCUT2D eigenvalue weighted by Gasteiger charge is 2.14. The predicted molar refractivity (Wildman–Crippen MR) is 79.6 cm³/mol. The van der Waals surface area contributed by atoms with Gasteiger partial charge in [0, 0.05) is 16.3 Å². The third-order valence-electron chi connectivity index (χ3n) is 2.82. The normalized spacial score (nSPS) is 10.7. The Morgan fingerprint density at radius 1 is 1.47 bits per heavy atom. The lowest BCUT2D eigenvalue weighted by Crippen LogP contribution is -1.96. The summed E-state index contributed by atoms with van der Waals surface area (Å²) in [5.74, 6) is 0.321. The summed E-state index contributed by atoms with van der Waals surface area (Å²) < 4.78 is 0. The second-order valence-corrected chi connectivity index (χ2v) is 6.13. The van der Waals surface area contributed by atoms with Crippen molar-refractivity contribution in [3.63, 3.8) is 0 Å². The number of aromatic nitrogens is 1. The number of anilines is 1. The van der Waals surface area contributed by atoms with E-state index >= 15 is 0 Å². The Labute approximate surface area is 121 Å². The number of thiazole rings is 1. The molecule has 1 heterocycles. The molecule has 0 bridgehead atoms. The van der Waals surface area contributed by atoms with E-state index in [1.54, 1.807) is 12.1 Å². The number of benzene rings is 1. The largest absolute Gasteiger partial charge is 0.375 e. The number of hydrogen-bond donors (Lipinski definition) is 1. The number of hydrogen-bond acceptors (Lipinski definition) is 4. The zero-order valence-corrected chi connectivity index (χ0v) is 12.3. The van der Waals surface area contributed by atoms with Crippen LogP contribution in [-0.2, 0) is 6.42 Å². The average Bonchev–Trinajstić information content (AvgIpc) is 2.73. The van der Waals surface area contributed by atoms with E-state index in [4.69, 9.17) is 22.6 Å². The molecule has 0 amide bonds. The van der Waals surface area contributed by atoms with E-state index in [1.165, 1.54) is 11.3 Å². The fourth-order valence-corrected chi connectivity index (χ4v) is 3.11. The number of rotatable bonds is 3. The number of halogens is 1. The van der Waals surface area contributed by atoms with Crippen molar-refractivity contribution in [1.82, 2.24) is 4.98 Å². The van der Waals surface area contributed by atoms with Gasteiger partial charge < -0.3 is 5.73 Å². The molecule has 0 unspecified atom stereocenters. The summed E-state index contributed by atoms with van der Waals surface area (Å²) in [6.07, 6.45) is 0.663. The molecule has 0 radical (unpaired) electrons. The summed E-state index contributed by atoms with van der Waals surface area (Å²) in [7, 11) is 0. The van der Waals surface area contributed by atoms with Gasteiger partial charge in [0.1, 0.15) is 0 Å². The van der Waals surface area contributed by atoms with Crippen LogP contribution >= 0.6 is 22.9 Å². The molecule has 0 spiro atoms. The van der Waals surface area contributed by atoms with E-state index in [0.29, 0.717) is 28.1 Å². The topological polar surface area (TPSA) is 62.7 Å². The van der Waals surface area contributed by atoms with E-state index in [1.807, 2.05) is 6.07 Å². The van der Waals surface area contributed by atoms with Crippen molar-refractivity contribution in [2.75, 3.05) is 5.73 Å². The third-order valence-corrected chi connectivity index (χ3v) is 4.09. The predicted octanol–water partition coefficient (Wildman–Crippen LogP) is 3.96. The Morgan fingerprint density at radius 3 is 2.84 bits per heavy atom. The fourth-order valence-electron chi connectivity index (χ4n) is 1.91. The first-order chi connectivity index (χ1) is 9.01. The Bertz CT molecular complexity index is 641. The SMILES string of the molecule is CC(C)c1nc(N)sc1Cc1cc(C#N)ccc1Cl. The summed E-state index contributed by atoms with van der Waals surface area (Å²) in [6, 6.07) is 7.43.